The molecule has 0 aliphatic heterocycles. The number of hydrogen-bond donors (Lipinski definition) is 2. The molecule has 11 heteroatoms. The van der Waals surface area contributed by atoms with Crippen molar-refractivity contribution >= 4 is 35.4 Å². The van der Waals surface area contributed by atoms with Gasteiger partial charge in [0, 0.05) is 44.7 Å². The molecule has 242 valence electrons. The van der Waals surface area contributed by atoms with Crippen molar-refractivity contribution in [2.75, 3.05) is 26.7 Å². The van der Waals surface area contributed by atoms with Gasteiger partial charge in [-0.1, -0.05) is 39.5 Å². The zero-order chi connectivity index (χ0) is 32.3. The van der Waals surface area contributed by atoms with E-state index in [0.29, 0.717) is 38.5 Å². The molecule has 0 aromatic rings. The average molecular weight is 597 g/mol. The first-order valence-electron chi connectivity index (χ1n) is 15.4. The molecule has 0 bridgehead atoms. The number of hydrogen-bond acceptors (Lipinski definition) is 7. The lowest BCUT2D eigenvalue weighted by atomic mass is 9.97. The van der Waals surface area contributed by atoms with E-state index in [1.165, 1.54) is 16.8 Å². The zero-order valence-corrected chi connectivity index (χ0v) is 26.9. The van der Waals surface area contributed by atoms with Gasteiger partial charge in [-0.05, 0) is 59.3 Å². The number of primary amides is 2. The maximum absolute atomic E-state index is 13.1. The van der Waals surface area contributed by atoms with E-state index in [-0.39, 0.29) is 80.0 Å². The summed E-state index contributed by atoms with van der Waals surface area (Å²) in [5.41, 5.74) is 10.1. The number of carbonyl (C=O) groups excluding carboxylic acids is 6. The van der Waals surface area contributed by atoms with Crippen LogP contribution in [0, 0.1) is 11.8 Å². The van der Waals surface area contributed by atoms with Crippen molar-refractivity contribution in [2.24, 2.45) is 23.3 Å². The monoisotopic (exact) mass is 596 g/mol. The lowest BCUT2D eigenvalue weighted by Gasteiger charge is -2.26. The Morgan fingerprint density at radius 3 is 1.48 bits per heavy atom. The fourth-order valence-electron chi connectivity index (χ4n) is 4.54. The van der Waals surface area contributed by atoms with Gasteiger partial charge in [-0.2, -0.15) is 0 Å². The number of carbonyl (C=O) groups is 6. The second-order valence-electron chi connectivity index (χ2n) is 12.2. The summed E-state index contributed by atoms with van der Waals surface area (Å²) in [7, 11) is 1.53. The fraction of sp³-hybridized carbons (Fsp3) is 0.806. The second kappa shape index (κ2) is 20.8. The molecule has 2 atom stereocenters. The molecule has 4 amide bonds. The number of nitrogens with two attached hydrogens (primary N) is 2. The fourth-order valence-corrected chi connectivity index (χ4v) is 4.54. The topological polar surface area (TPSA) is 170 Å². The summed E-state index contributed by atoms with van der Waals surface area (Å²) in [4.78, 5) is 76.2. The predicted octanol–water partition coefficient (Wildman–Crippen LogP) is 4.13. The molecule has 0 heterocycles. The number of nitrogens with zero attached hydrogens (tertiary/aromatic N) is 2. The molecular weight excluding hydrogens is 540 g/mol. The number of unbranched alkanes of at least 4 members (excludes halogenated alkanes) is 4. The molecule has 0 fully saturated rings. The number of ketones is 2. The van der Waals surface area contributed by atoms with Gasteiger partial charge in [0.05, 0.1) is 13.1 Å². The molecule has 0 aromatic carbocycles. The normalized spacial score (nSPS) is 12.7. The molecule has 0 saturated heterocycles. The molecule has 0 unspecified atom stereocenters. The molecular formula is C31H56N4O7. The summed E-state index contributed by atoms with van der Waals surface area (Å²) in [5.74, 6) is -1.59. The molecule has 0 radical (unpaired) electrons. The molecule has 0 aliphatic rings. The van der Waals surface area contributed by atoms with Crippen LogP contribution >= 0.6 is 0 Å². The minimum absolute atomic E-state index is 0.0483. The third-order valence-electron chi connectivity index (χ3n) is 7.26. The maximum Gasteiger partial charge on any atom is 0.410 e. The van der Waals surface area contributed by atoms with Gasteiger partial charge in [0.1, 0.15) is 5.60 Å². The van der Waals surface area contributed by atoms with Crippen molar-refractivity contribution in [3.8, 4) is 0 Å². The zero-order valence-electron chi connectivity index (χ0n) is 26.9. The smallest absolute Gasteiger partial charge is 0.410 e. The highest BCUT2D eigenvalue weighted by Gasteiger charge is 2.23. The van der Waals surface area contributed by atoms with Crippen LogP contribution in [0.2, 0.25) is 0 Å². The van der Waals surface area contributed by atoms with Crippen molar-refractivity contribution in [3.05, 3.63) is 0 Å². The van der Waals surface area contributed by atoms with Crippen LogP contribution in [0.5, 0.6) is 0 Å². The van der Waals surface area contributed by atoms with Gasteiger partial charge in [-0.25, -0.2) is 4.79 Å². The number of Topliss-reactive ketones (excluding diaryl/α,β-unsaturated/α-hetero) is 2. The summed E-state index contributed by atoms with van der Waals surface area (Å²) < 4.78 is 5.32. The highest BCUT2D eigenvalue weighted by atomic mass is 16.6. The lowest BCUT2D eigenvalue weighted by molar-refractivity contribution is -0.138. The SMILES string of the molecule is CC[C@@H](CCCCCC(=O)CN(CC(=O)CCCCC[C@H](CC)C(N)=O)C(=O)CCN(C)C(=O)OC(C)(C)C)C(N)=O. The minimum Gasteiger partial charge on any atom is -0.444 e. The van der Waals surface area contributed by atoms with E-state index in [0.717, 1.165) is 25.7 Å². The van der Waals surface area contributed by atoms with Crippen LogP contribution in [0.3, 0.4) is 0 Å². The van der Waals surface area contributed by atoms with E-state index in [4.69, 9.17) is 16.2 Å². The Labute approximate surface area is 252 Å². The highest BCUT2D eigenvalue weighted by Crippen LogP contribution is 2.16. The minimum atomic E-state index is -0.672. The molecule has 0 saturated carbocycles. The maximum atomic E-state index is 13.1. The molecule has 4 N–H and O–H groups in total. The third kappa shape index (κ3) is 18.5. The highest BCUT2D eigenvalue weighted by molar-refractivity contribution is 5.90. The van der Waals surface area contributed by atoms with Gasteiger partial charge in [0.2, 0.25) is 17.7 Å². The van der Waals surface area contributed by atoms with Gasteiger partial charge in [0.15, 0.2) is 11.6 Å². The molecule has 11 nitrogen and oxygen atoms in total. The van der Waals surface area contributed by atoms with E-state index in [9.17, 15) is 28.8 Å². The van der Waals surface area contributed by atoms with Gasteiger partial charge in [0.25, 0.3) is 0 Å². The molecule has 0 aromatic heterocycles. The summed E-state index contributed by atoms with van der Waals surface area (Å²) in [5, 5.41) is 0. The van der Waals surface area contributed by atoms with Crippen molar-refractivity contribution in [3.63, 3.8) is 0 Å². The third-order valence-corrected chi connectivity index (χ3v) is 7.26. The van der Waals surface area contributed by atoms with Crippen molar-refractivity contribution in [1.82, 2.24) is 9.80 Å². The van der Waals surface area contributed by atoms with Crippen LogP contribution in [0.4, 0.5) is 4.79 Å². The van der Waals surface area contributed by atoms with Gasteiger partial charge >= 0.3 is 6.09 Å². The molecule has 0 spiro atoms. The summed E-state index contributed by atoms with van der Waals surface area (Å²) in [6.07, 6.45) is 7.01. The largest absolute Gasteiger partial charge is 0.444 e. The quantitative estimate of drug-likeness (QED) is 0.167. The van der Waals surface area contributed by atoms with Crippen LogP contribution in [0.1, 0.15) is 118 Å². The van der Waals surface area contributed by atoms with Crippen molar-refractivity contribution in [2.45, 2.75) is 124 Å². The van der Waals surface area contributed by atoms with Crippen LogP contribution < -0.4 is 11.5 Å². The summed E-state index contributed by atoms with van der Waals surface area (Å²) >= 11 is 0. The van der Waals surface area contributed by atoms with Crippen molar-refractivity contribution < 1.29 is 33.5 Å². The van der Waals surface area contributed by atoms with Crippen LogP contribution in [-0.2, 0) is 28.7 Å². The first kappa shape index (κ1) is 39.0. The molecule has 0 aliphatic carbocycles. The lowest BCUT2D eigenvalue weighted by Crippen LogP contribution is -2.41. The predicted molar refractivity (Wildman–Crippen MR) is 162 cm³/mol. The average Bonchev–Trinajstić information content (AvgIpc) is 2.89. The molecule has 42 heavy (non-hydrogen) atoms. The van der Waals surface area contributed by atoms with Crippen LogP contribution in [0.15, 0.2) is 0 Å². The number of amides is 4. The Hall–Kier alpha value is -2.98. The van der Waals surface area contributed by atoms with E-state index in [2.05, 4.69) is 0 Å². The number of ether oxygens (including phenoxy) is 1. The van der Waals surface area contributed by atoms with Crippen LogP contribution in [0.25, 0.3) is 0 Å². The van der Waals surface area contributed by atoms with Gasteiger partial charge in [-0.15, -0.1) is 0 Å². The number of rotatable bonds is 23. The van der Waals surface area contributed by atoms with Gasteiger partial charge in [-0.3, -0.25) is 24.0 Å². The Kier molecular flexibility index (Phi) is 19.3. The first-order valence-corrected chi connectivity index (χ1v) is 15.4. The van der Waals surface area contributed by atoms with E-state index < -0.39 is 11.7 Å². The standard InChI is InChI=1S/C31H56N4O7/c1-7-23(28(32)39)15-11-9-13-17-25(36)21-35(27(38)19-20-34(6)30(41)42-31(3,4)5)22-26(37)18-14-10-12-16-24(8-2)29(33)40/h23-24H,7-22H2,1-6H3,(H2,32,39)(H2,33,40)/t23-,24-/m0/s1. The van der Waals surface area contributed by atoms with E-state index in [1.807, 2.05) is 13.8 Å². The van der Waals surface area contributed by atoms with Crippen LogP contribution in [-0.4, -0.2) is 77.5 Å². The Balaban J connectivity index is 4.97. The Morgan fingerprint density at radius 2 is 1.12 bits per heavy atom. The summed E-state index contributed by atoms with van der Waals surface area (Å²) in [6.45, 7) is 8.84. The molecule has 0 rings (SSSR count). The van der Waals surface area contributed by atoms with E-state index in [1.54, 1.807) is 20.8 Å². The first-order chi connectivity index (χ1) is 19.6. The Bertz CT molecular complexity index is 839. The van der Waals surface area contributed by atoms with Gasteiger partial charge < -0.3 is 26.0 Å². The van der Waals surface area contributed by atoms with Crippen molar-refractivity contribution in [1.29, 1.82) is 0 Å². The summed E-state index contributed by atoms with van der Waals surface area (Å²) in [6, 6.07) is 0. The van der Waals surface area contributed by atoms with E-state index >= 15 is 0 Å². The Morgan fingerprint density at radius 1 is 0.690 bits per heavy atom. The second-order valence-corrected chi connectivity index (χ2v) is 12.2.